The number of carbonyl (C=O) groups is 3. The molecule has 3 N–H and O–H groups in total. The van der Waals surface area contributed by atoms with Gasteiger partial charge in [-0.1, -0.05) is 12.1 Å². The third-order valence-corrected chi connectivity index (χ3v) is 4.70. The molecule has 1 heterocycles. The van der Waals surface area contributed by atoms with Crippen LogP contribution in [0.15, 0.2) is 48.7 Å². The van der Waals surface area contributed by atoms with Crippen molar-refractivity contribution >= 4 is 23.3 Å². The molecule has 0 aliphatic heterocycles. The van der Waals surface area contributed by atoms with E-state index < -0.39 is 40.7 Å². The Labute approximate surface area is 171 Å². The summed E-state index contributed by atoms with van der Waals surface area (Å²) in [5, 5.41) is 22.5. The summed E-state index contributed by atoms with van der Waals surface area (Å²) in [7, 11) is 0. The lowest BCUT2D eigenvalue weighted by Crippen LogP contribution is -2.23. The molecule has 2 aromatic carbocycles. The minimum absolute atomic E-state index is 0.0844. The summed E-state index contributed by atoms with van der Waals surface area (Å²) in [5.74, 6) is -3.60. The molecule has 0 bridgehead atoms. The van der Waals surface area contributed by atoms with E-state index in [0.29, 0.717) is 6.20 Å². The van der Waals surface area contributed by atoms with Crippen molar-refractivity contribution in [2.24, 2.45) is 0 Å². The Kier molecular flexibility index (Phi) is 4.49. The van der Waals surface area contributed by atoms with E-state index in [4.69, 9.17) is 0 Å². The maximum absolute atomic E-state index is 12.8. The number of fused-ring (bicyclic) bond motifs is 2. The number of halogens is 3. The number of nitrogens with one attached hydrogen (secondary N) is 1. The molecular formula is C21H11F3N2O5. The summed E-state index contributed by atoms with van der Waals surface area (Å²) in [4.78, 5) is 41.5. The van der Waals surface area contributed by atoms with E-state index in [1.165, 1.54) is 18.2 Å². The molecule has 1 aliphatic rings. The molecule has 0 saturated heterocycles. The quantitative estimate of drug-likeness (QED) is 0.450. The first kappa shape index (κ1) is 20.1. The average molecular weight is 428 g/mol. The molecule has 4 rings (SSSR count). The zero-order valence-electron chi connectivity index (χ0n) is 15.3. The fraction of sp³-hybridized carbons (Fsp3) is 0.0476. The summed E-state index contributed by atoms with van der Waals surface area (Å²) in [6, 6.07) is 7.64. The molecule has 10 heteroatoms. The second-order valence-corrected chi connectivity index (χ2v) is 6.66. The van der Waals surface area contributed by atoms with E-state index in [2.05, 4.69) is 10.3 Å². The molecule has 1 amide bonds. The summed E-state index contributed by atoms with van der Waals surface area (Å²) in [5.41, 5.74) is -2.15. The van der Waals surface area contributed by atoms with Crippen LogP contribution in [-0.2, 0) is 6.18 Å². The normalized spacial score (nSPS) is 12.9. The summed E-state index contributed by atoms with van der Waals surface area (Å²) in [6.45, 7) is 0. The van der Waals surface area contributed by atoms with Gasteiger partial charge in [-0.3, -0.25) is 14.4 Å². The van der Waals surface area contributed by atoms with E-state index in [1.807, 2.05) is 0 Å². The highest BCUT2D eigenvalue weighted by Crippen LogP contribution is 2.37. The first-order valence-corrected chi connectivity index (χ1v) is 8.71. The number of carbonyl (C=O) groups excluding carboxylic acids is 3. The predicted octanol–water partition coefficient (Wildman–Crippen LogP) is 3.54. The number of aromatic nitrogens is 1. The van der Waals surface area contributed by atoms with E-state index in [1.54, 1.807) is 0 Å². The minimum Gasteiger partial charge on any atom is -0.507 e. The molecule has 7 nitrogen and oxygen atoms in total. The van der Waals surface area contributed by atoms with Crippen molar-refractivity contribution in [1.29, 1.82) is 0 Å². The number of rotatable bonds is 2. The number of phenols is 2. The summed E-state index contributed by atoms with van der Waals surface area (Å²) >= 11 is 0. The highest BCUT2D eigenvalue weighted by molar-refractivity contribution is 6.30. The number of ketones is 2. The van der Waals surface area contributed by atoms with Gasteiger partial charge in [0.2, 0.25) is 5.78 Å². The number of benzene rings is 2. The predicted molar refractivity (Wildman–Crippen MR) is 100 cm³/mol. The fourth-order valence-electron chi connectivity index (χ4n) is 3.24. The van der Waals surface area contributed by atoms with Crippen LogP contribution in [0.3, 0.4) is 0 Å². The number of hydrogen-bond acceptors (Lipinski definition) is 6. The molecule has 0 spiro atoms. The zero-order valence-corrected chi connectivity index (χ0v) is 15.3. The van der Waals surface area contributed by atoms with Crippen LogP contribution < -0.4 is 5.32 Å². The highest BCUT2D eigenvalue weighted by atomic mass is 19.4. The number of phenolic OH excluding ortho intramolecular Hbond substituents is 2. The molecular weight excluding hydrogens is 417 g/mol. The Hall–Kier alpha value is -4.21. The highest BCUT2D eigenvalue weighted by Gasteiger charge is 2.35. The topological polar surface area (TPSA) is 117 Å². The Morgan fingerprint density at radius 2 is 1.61 bits per heavy atom. The first-order chi connectivity index (χ1) is 14.6. The van der Waals surface area contributed by atoms with Crippen molar-refractivity contribution in [3.8, 4) is 11.5 Å². The second kappa shape index (κ2) is 6.94. The van der Waals surface area contributed by atoms with Gasteiger partial charge in [0.25, 0.3) is 5.91 Å². The molecule has 0 unspecified atom stereocenters. The molecule has 0 atom stereocenters. The number of alkyl halides is 3. The van der Waals surface area contributed by atoms with Gasteiger partial charge in [-0.25, -0.2) is 4.98 Å². The minimum atomic E-state index is -4.59. The zero-order chi connectivity index (χ0) is 22.5. The van der Waals surface area contributed by atoms with E-state index in [-0.39, 0.29) is 33.6 Å². The van der Waals surface area contributed by atoms with Crippen LogP contribution in [0.5, 0.6) is 11.5 Å². The summed E-state index contributed by atoms with van der Waals surface area (Å²) < 4.78 is 37.9. The van der Waals surface area contributed by atoms with Crippen molar-refractivity contribution in [2.75, 3.05) is 5.32 Å². The van der Waals surface area contributed by atoms with Crippen molar-refractivity contribution in [3.05, 3.63) is 82.0 Å². The van der Waals surface area contributed by atoms with Gasteiger partial charge in [-0.05, 0) is 30.3 Å². The Balaban J connectivity index is 1.68. The van der Waals surface area contributed by atoms with Gasteiger partial charge in [0, 0.05) is 22.9 Å². The van der Waals surface area contributed by atoms with Gasteiger partial charge in [0.05, 0.1) is 16.7 Å². The monoisotopic (exact) mass is 428 g/mol. The third kappa shape index (κ3) is 3.37. The van der Waals surface area contributed by atoms with Crippen LogP contribution in [0, 0.1) is 0 Å². The molecule has 0 radical (unpaired) electrons. The SMILES string of the molecule is O=C(Nc1ccc(C(F)(F)F)cn1)c1cc(O)c2c(c1)C(=O)c1cccc(O)c1C2=O. The smallest absolute Gasteiger partial charge is 0.417 e. The van der Waals surface area contributed by atoms with Gasteiger partial charge in [-0.2, -0.15) is 13.2 Å². The van der Waals surface area contributed by atoms with Crippen LogP contribution in [0.1, 0.15) is 47.8 Å². The Morgan fingerprint density at radius 1 is 0.903 bits per heavy atom. The Morgan fingerprint density at radius 3 is 2.26 bits per heavy atom. The van der Waals surface area contributed by atoms with Crippen molar-refractivity contribution in [1.82, 2.24) is 4.98 Å². The maximum atomic E-state index is 12.8. The average Bonchev–Trinajstić information content (AvgIpc) is 2.71. The standard InChI is InChI=1S/C21H11F3N2O5/c22-21(23,24)10-4-5-15(25-8-10)26-20(31)9-6-12-17(14(28)7-9)19(30)16-11(18(12)29)2-1-3-13(16)27/h1-8,27-28H,(H,25,26,31). The number of anilines is 1. The van der Waals surface area contributed by atoms with E-state index >= 15 is 0 Å². The van der Waals surface area contributed by atoms with E-state index in [0.717, 1.165) is 24.3 Å². The maximum Gasteiger partial charge on any atom is 0.417 e. The molecule has 0 saturated carbocycles. The van der Waals surface area contributed by atoms with Gasteiger partial charge in [0.15, 0.2) is 5.78 Å². The van der Waals surface area contributed by atoms with Crippen LogP contribution in [0.2, 0.25) is 0 Å². The first-order valence-electron chi connectivity index (χ1n) is 8.71. The Bertz CT molecular complexity index is 1270. The van der Waals surface area contributed by atoms with Crippen molar-refractivity contribution in [2.45, 2.75) is 6.18 Å². The number of nitrogens with zero attached hydrogens (tertiary/aromatic N) is 1. The largest absolute Gasteiger partial charge is 0.507 e. The lowest BCUT2D eigenvalue weighted by Gasteiger charge is -2.20. The van der Waals surface area contributed by atoms with Crippen LogP contribution >= 0.6 is 0 Å². The second-order valence-electron chi connectivity index (χ2n) is 6.66. The third-order valence-electron chi connectivity index (χ3n) is 4.70. The molecule has 0 fully saturated rings. The number of aromatic hydroxyl groups is 2. The molecule has 1 aromatic heterocycles. The fourth-order valence-corrected chi connectivity index (χ4v) is 3.24. The van der Waals surface area contributed by atoms with Gasteiger partial charge < -0.3 is 15.5 Å². The lowest BCUT2D eigenvalue weighted by atomic mass is 9.82. The molecule has 3 aromatic rings. The number of hydrogen-bond donors (Lipinski definition) is 3. The van der Waals surface area contributed by atoms with Gasteiger partial charge >= 0.3 is 6.18 Å². The number of amides is 1. The molecule has 31 heavy (non-hydrogen) atoms. The van der Waals surface area contributed by atoms with Crippen molar-refractivity contribution < 1.29 is 37.8 Å². The molecule has 1 aliphatic carbocycles. The lowest BCUT2D eigenvalue weighted by molar-refractivity contribution is -0.137. The van der Waals surface area contributed by atoms with Crippen LogP contribution in [-0.4, -0.2) is 32.7 Å². The van der Waals surface area contributed by atoms with Gasteiger partial charge in [-0.15, -0.1) is 0 Å². The summed E-state index contributed by atoms with van der Waals surface area (Å²) in [6.07, 6.45) is -4.04. The number of pyridine rings is 1. The van der Waals surface area contributed by atoms with Gasteiger partial charge in [0.1, 0.15) is 17.3 Å². The van der Waals surface area contributed by atoms with Crippen LogP contribution in [0.4, 0.5) is 19.0 Å². The van der Waals surface area contributed by atoms with Crippen LogP contribution in [0.25, 0.3) is 0 Å². The van der Waals surface area contributed by atoms with E-state index in [9.17, 15) is 37.8 Å². The molecule has 156 valence electrons. The van der Waals surface area contributed by atoms with Crippen molar-refractivity contribution in [3.63, 3.8) is 0 Å².